The number of fused-ring (bicyclic) bond motifs is 1. The lowest BCUT2D eigenvalue weighted by Gasteiger charge is -2.33. The second-order valence-electron chi connectivity index (χ2n) is 15.1. The first kappa shape index (κ1) is 34.0. The maximum atomic E-state index is 14.2. The van der Waals surface area contributed by atoms with Gasteiger partial charge in [0.05, 0.1) is 34.2 Å². The Morgan fingerprint density at radius 3 is 2.35 bits per heavy atom. The lowest BCUT2D eigenvalue weighted by Crippen LogP contribution is -2.47. The number of nitrogens with zero attached hydrogens (tertiary/aromatic N) is 3. The number of carbonyl (C=O) groups is 3. The molecule has 5 atom stereocenters. The van der Waals surface area contributed by atoms with E-state index in [1.165, 1.54) is 13.8 Å². The summed E-state index contributed by atoms with van der Waals surface area (Å²) in [5.74, 6) is -0.376. The molecule has 0 spiro atoms. The number of allylic oxidation sites excluding steroid dienone is 1. The molecule has 2 aliphatic carbocycles. The number of amides is 2. The third-order valence-corrected chi connectivity index (χ3v) is 12.0. The summed E-state index contributed by atoms with van der Waals surface area (Å²) in [5.41, 5.74) is 1.44. The van der Waals surface area contributed by atoms with Gasteiger partial charge in [0.15, 0.2) is 5.78 Å². The molecule has 2 amide bonds. The van der Waals surface area contributed by atoms with Gasteiger partial charge >= 0.3 is 0 Å². The molecule has 0 bridgehead atoms. The van der Waals surface area contributed by atoms with Crippen LogP contribution in [-0.2, 0) is 24.4 Å². The van der Waals surface area contributed by atoms with Crippen LogP contribution in [0.4, 0.5) is 0 Å². The van der Waals surface area contributed by atoms with Crippen molar-refractivity contribution >= 4 is 38.5 Å². The Bertz CT molecular complexity index is 1690. The third-order valence-electron chi connectivity index (χ3n) is 10.3. The lowest BCUT2D eigenvalue weighted by molar-refractivity contribution is -0.144. The highest BCUT2D eigenvalue weighted by Gasteiger charge is 2.61. The normalized spacial score (nSPS) is 25.4. The van der Waals surface area contributed by atoms with Crippen molar-refractivity contribution in [3.8, 4) is 5.88 Å². The highest BCUT2D eigenvalue weighted by Crippen LogP contribution is 2.57. The number of hydrogen-bond donors (Lipinski definition) is 1. The average molecular weight is 653 g/mol. The molecule has 3 fully saturated rings. The SMILES string of the molecule is C=CC1CC1(CC(=O)C1CC(Oc2nc(C3CC3)nc3cc(C)c(C)cc23)CN1C(=O)[C@@H](C)C(C)(C)C)C(=O)NS(=O)(=O)C(C)C. The summed E-state index contributed by atoms with van der Waals surface area (Å²) in [5, 5.41) is -0.0205. The van der Waals surface area contributed by atoms with Gasteiger partial charge in [-0.05, 0) is 81.5 Å². The fourth-order valence-corrected chi connectivity index (χ4v) is 6.86. The molecule has 3 aliphatic rings. The summed E-state index contributed by atoms with van der Waals surface area (Å²) in [4.78, 5) is 52.8. The van der Waals surface area contributed by atoms with Crippen molar-refractivity contribution in [1.82, 2.24) is 19.6 Å². The van der Waals surface area contributed by atoms with Crippen LogP contribution in [0.2, 0.25) is 0 Å². The summed E-state index contributed by atoms with van der Waals surface area (Å²) >= 11 is 0. The molecule has 4 unspecified atom stereocenters. The number of likely N-dealkylation sites (tertiary alicyclic amines) is 1. The predicted octanol–water partition coefficient (Wildman–Crippen LogP) is 5.16. The lowest BCUT2D eigenvalue weighted by atomic mass is 9.81. The van der Waals surface area contributed by atoms with Crippen LogP contribution in [0.5, 0.6) is 5.88 Å². The minimum atomic E-state index is -3.89. The maximum Gasteiger partial charge on any atom is 0.240 e. The molecule has 2 heterocycles. The molecule has 1 aromatic carbocycles. The van der Waals surface area contributed by atoms with Gasteiger partial charge in [0.2, 0.25) is 27.7 Å². The Hall–Kier alpha value is -3.34. The van der Waals surface area contributed by atoms with E-state index in [2.05, 4.69) is 11.3 Å². The van der Waals surface area contributed by atoms with Gasteiger partial charge in [-0.2, -0.15) is 4.98 Å². The molecule has 1 saturated heterocycles. The maximum absolute atomic E-state index is 14.2. The van der Waals surface area contributed by atoms with Gasteiger partial charge in [-0.1, -0.05) is 33.8 Å². The number of hydrogen-bond acceptors (Lipinski definition) is 8. The molecule has 0 radical (unpaired) electrons. The Morgan fingerprint density at radius 1 is 1.13 bits per heavy atom. The number of aryl methyl sites for hydroxylation is 2. The number of rotatable bonds is 11. The monoisotopic (exact) mass is 652 g/mol. The Kier molecular flexibility index (Phi) is 8.89. The molecular weight excluding hydrogens is 604 g/mol. The van der Waals surface area contributed by atoms with Crippen LogP contribution in [0, 0.1) is 36.5 Å². The zero-order valence-corrected chi connectivity index (χ0v) is 29.2. The van der Waals surface area contributed by atoms with E-state index in [-0.39, 0.29) is 48.3 Å². The molecule has 11 heteroatoms. The van der Waals surface area contributed by atoms with Crippen molar-refractivity contribution in [2.45, 2.75) is 111 Å². The second kappa shape index (κ2) is 12.0. The van der Waals surface area contributed by atoms with Crippen molar-refractivity contribution < 1.29 is 27.5 Å². The van der Waals surface area contributed by atoms with Gasteiger partial charge < -0.3 is 9.64 Å². The van der Waals surface area contributed by atoms with Gasteiger partial charge in [-0.15, -0.1) is 6.58 Å². The largest absolute Gasteiger partial charge is 0.472 e. The van der Waals surface area contributed by atoms with Crippen molar-refractivity contribution in [2.24, 2.45) is 22.7 Å². The molecule has 10 nitrogen and oxygen atoms in total. The van der Waals surface area contributed by atoms with Gasteiger partial charge in [-0.25, -0.2) is 13.4 Å². The minimum Gasteiger partial charge on any atom is -0.472 e. The topological polar surface area (TPSA) is 136 Å². The first-order valence-electron chi connectivity index (χ1n) is 16.3. The van der Waals surface area contributed by atoms with E-state index < -0.39 is 38.7 Å². The van der Waals surface area contributed by atoms with Crippen LogP contribution in [0.1, 0.15) is 96.5 Å². The Balaban J connectivity index is 1.45. The number of carbonyl (C=O) groups excluding carboxylic acids is 3. The van der Waals surface area contributed by atoms with Crippen LogP contribution in [-0.4, -0.2) is 64.8 Å². The standard InChI is InChI=1S/C35H48N4O6S/c1-10-24-16-35(24,33(42)38-46(43,44)19(2)3)17-29(40)28-15-25(18-39(28)32(41)22(6)34(7,8)9)45-31-26-13-20(4)21(5)14-27(26)36-30(37-31)23-11-12-23/h10,13-14,19,22-25,28H,1,11-12,15-18H2,2-9H3,(H,38,42)/t22-,24?,25?,28?,35?/m1/s1. The van der Waals surface area contributed by atoms with Gasteiger partial charge in [0, 0.05) is 24.7 Å². The van der Waals surface area contributed by atoms with Crippen LogP contribution < -0.4 is 9.46 Å². The van der Waals surface area contributed by atoms with E-state index in [0.717, 1.165) is 40.7 Å². The number of benzene rings is 1. The molecule has 46 heavy (non-hydrogen) atoms. The van der Waals surface area contributed by atoms with Crippen LogP contribution >= 0.6 is 0 Å². The van der Waals surface area contributed by atoms with E-state index in [0.29, 0.717) is 18.2 Å². The molecule has 5 rings (SSSR count). The van der Waals surface area contributed by atoms with Gasteiger partial charge in [0.25, 0.3) is 0 Å². The third kappa shape index (κ3) is 6.57. The van der Waals surface area contributed by atoms with Crippen LogP contribution in [0.3, 0.4) is 0 Å². The summed E-state index contributed by atoms with van der Waals surface area (Å²) in [7, 11) is -3.89. The summed E-state index contributed by atoms with van der Waals surface area (Å²) < 4.78 is 33.9. The number of ketones is 1. The van der Waals surface area contributed by atoms with Crippen molar-refractivity contribution in [3.63, 3.8) is 0 Å². The number of sulfonamides is 1. The first-order chi connectivity index (χ1) is 21.4. The molecule has 1 aliphatic heterocycles. The van der Waals surface area contributed by atoms with E-state index in [4.69, 9.17) is 14.7 Å². The molecule has 250 valence electrons. The fourth-order valence-electron chi connectivity index (χ4n) is 6.16. The Labute approximate surface area is 272 Å². The van der Waals surface area contributed by atoms with Crippen molar-refractivity contribution in [3.05, 3.63) is 41.7 Å². The minimum absolute atomic E-state index is 0.161. The summed E-state index contributed by atoms with van der Waals surface area (Å²) in [6.07, 6.45) is 3.49. The van der Waals surface area contributed by atoms with E-state index in [1.807, 2.05) is 53.7 Å². The smallest absolute Gasteiger partial charge is 0.240 e. The van der Waals surface area contributed by atoms with Gasteiger partial charge in [-0.3, -0.25) is 19.1 Å². The highest BCUT2D eigenvalue weighted by atomic mass is 32.2. The molecule has 1 N–H and O–H groups in total. The number of Topliss-reactive ketones (excluding diaryl/α,β-unsaturated/α-hetero) is 1. The van der Waals surface area contributed by atoms with Crippen LogP contribution in [0.15, 0.2) is 24.8 Å². The van der Waals surface area contributed by atoms with E-state index in [9.17, 15) is 22.8 Å². The molecule has 2 aromatic rings. The first-order valence-corrected chi connectivity index (χ1v) is 17.9. The molecular formula is C35H48N4O6S. The zero-order valence-electron chi connectivity index (χ0n) is 28.3. The van der Waals surface area contributed by atoms with Crippen molar-refractivity contribution in [1.29, 1.82) is 0 Å². The highest BCUT2D eigenvalue weighted by molar-refractivity contribution is 7.90. The predicted molar refractivity (Wildman–Crippen MR) is 177 cm³/mol. The number of aromatic nitrogens is 2. The van der Waals surface area contributed by atoms with E-state index >= 15 is 0 Å². The zero-order chi connectivity index (χ0) is 33.9. The van der Waals surface area contributed by atoms with Gasteiger partial charge in [0.1, 0.15) is 11.9 Å². The summed E-state index contributed by atoms with van der Waals surface area (Å²) in [6.45, 7) is 18.9. The number of ether oxygens (including phenoxy) is 1. The molecule has 1 aromatic heterocycles. The molecule has 2 saturated carbocycles. The number of nitrogens with one attached hydrogen (secondary N) is 1. The average Bonchev–Trinajstić information content (AvgIpc) is 3.89. The second-order valence-corrected chi connectivity index (χ2v) is 17.3. The van der Waals surface area contributed by atoms with E-state index in [1.54, 1.807) is 11.0 Å². The fraction of sp³-hybridized carbons (Fsp3) is 0.629. The Morgan fingerprint density at radius 2 is 1.78 bits per heavy atom. The quantitative estimate of drug-likeness (QED) is 0.329. The summed E-state index contributed by atoms with van der Waals surface area (Å²) in [6, 6.07) is 3.23. The van der Waals surface area contributed by atoms with Crippen molar-refractivity contribution in [2.75, 3.05) is 6.54 Å². The van der Waals surface area contributed by atoms with Crippen LogP contribution in [0.25, 0.3) is 10.9 Å².